The molecule has 2 aromatic heterocycles. The van der Waals surface area contributed by atoms with E-state index >= 15 is 0 Å². The number of pyridine rings is 1. The van der Waals surface area contributed by atoms with Crippen LogP contribution in [0.2, 0.25) is 0 Å². The minimum atomic E-state index is -0.604. The van der Waals surface area contributed by atoms with Crippen molar-refractivity contribution in [1.82, 2.24) is 20.6 Å². The molecule has 21 heavy (non-hydrogen) atoms. The number of rotatable bonds is 6. The number of amides is 2. The highest BCUT2D eigenvalue weighted by molar-refractivity contribution is 6.35. The average molecular weight is 286 g/mol. The molecule has 0 fully saturated rings. The van der Waals surface area contributed by atoms with Crippen LogP contribution in [0, 0.1) is 0 Å². The highest BCUT2D eigenvalue weighted by atomic mass is 16.2. The van der Waals surface area contributed by atoms with Gasteiger partial charge in [-0.1, -0.05) is 6.07 Å². The first-order valence-corrected chi connectivity index (χ1v) is 6.82. The summed E-state index contributed by atoms with van der Waals surface area (Å²) in [5.41, 5.74) is 2.11. The second-order valence-electron chi connectivity index (χ2n) is 4.59. The van der Waals surface area contributed by atoms with Crippen molar-refractivity contribution in [3.63, 3.8) is 0 Å². The lowest BCUT2D eigenvalue weighted by Crippen LogP contribution is -2.41. The summed E-state index contributed by atoms with van der Waals surface area (Å²) in [4.78, 5) is 30.1. The standard InChI is InChI=1S/C15H18N4O2/c20-14(18-8-4-12-2-1-6-16-10-12)15(21)19-9-5-13-3-7-17-11-13/h1-3,6-7,10-11,17H,4-5,8-9H2,(H,18,20)(H,19,21). The van der Waals surface area contributed by atoms with E-state index in [1.807, 2.05) is 30.6 Å². The largest absolute Gasteiger partial charge is 0.367 e. The SMILES string of the molecule is O=C(NCCc1cccnc1)C(=O)NCCc1cc[nH]c1. The Hall–Kier alpha value is -2.63. The molecule has 0 atom stereocenters. The monoisotopic (exact) mass is 286 g/mol. The number of hydrogen-bond donors (Lipinski definition) is 3. The number of nitrogens with zero attached hydrogens (tertiary/aromatic N) is 1. The summed E-state index contributed by atoms with van der Waals surface area (Å²) in [5, 5.41) is 5.18. The van der Waals surface area contributed by atoms with Crippen molar-refractivity contribution < 1.29 is 9.59 Å². The van der Waals surface area contributed by atoms with Crippen LogP contribution in [0.1, 0.15) is 11.1 Å². The Morgan fingerprint density at radius 1 is 1.05 bits per heavy atom. The van der Waals surface area contributed by atoms with Crippen LogP contribution in [0.25, 0.3) is 0 Å². The van der Waals surface area contributed by atoms with Gasteiger partial charge in [0.2, 0.25) is 0 Å². The Bertz CT molecular complexity index is 567. The van der Waals surface area contributed by atoms with Crippen molar-refractivity contribution in [2.45, 2.75) is 12.8 Å². The van der Waals surface area contributed by atoms with Crippen LogP contribution in [0.4, 0.5) is 0 Å². The van der Waals surface area contributed by atoms with Crippen molar-refractivity contribution in [1.29, 1.82) is 0 Å². The van der Waals surface area contributed by atoms with Crippen molar-refractivity contribution in [3.8, 4) is 0 Å². The van der Waals surface area contributed by atoms with E-state index in [9.17, 15) is 9.59 Å². The van der Waals surface area contributed by atoms with E-state index in [1.54, 1.807) is 12.4 Å². The molecule has 2 heterocycles. The summed E-state index contributed by atoms with van der Waals surface area (Å²) < 4.78 is 0. The summed E-state index contributed by atoms with van der Waals surface area (Å²) in [5.74, 6) is -1.20. The first kappa shape index (κ1) is 14.8. The zero-order valence-electron chi connectivity index (χ0n) is 11.6. The van der Waals surface area contributed by atoms with Gasteiger partial charge in [-0.25, -0.2) is 0 Å². The zero-order valence-corrected chi connectivity index (χ0v) is 11.6. The fourth-order valence-corrected chi connectivity index (χ4v) is 1.86. The number of H-pyrrole nitrogens is 1. The van der Waals surface area contributed by atoms with Gasteiger partial charge in [0, 0.05) is 37.9 Å². The van der Waals surface area contributed by atoms with Gasteiger partial charge in [0.05, 0.1) is 0 Å². The fourth-order valence-electron chi connectivity index (χ4n) is 1.86. The number of carbonyl (C=O) groups excluding carboxylic acids is 2. The first-order valence-electron chi connectivity index (χ1n) is 6.82. The predicted molar refractivity (Wildman–Crippen MR) is 78.5 cm³/mol. The number of carbonyl (C=O) groups is 2. The molecule has 0 aromatic carbocycles. The van der Waals surface area contributed by atoms with Crippen LogP contribution in [0.5, 0.6) is 0 Å². The quantitative estimate of drug-likeness (QED) is 0.673. The highest BCUT2D eigenvalue weighted by Gasteiger charge is 2.11. The van der Waals surface area contributed by atoms with Gasteiger partial charge in [0.25, 0.3) is 0 Å². The minimum Gasteiger partial charge on any atom is -0.367 e. The van der Waals surface area contributed by atoms with Gasteiger partial charge >= 0.3 is 11.8 Å². The van der Waals surface area contributed by atoms with E-state index in [4.69, 9.17) is 0 Å². The van der Waals surface area contributed by atoms with E-state index < -0.39 is 11.8 Å². The normalized spacial score (nSPS) is 10.1. The molecule has 0 aliphatic heterocycles. The Morgan fingerprint density at radius 2 is 1.76 bits per heavy atom. The smallest absolute Gasteiger partial charge is 0.309 e. The van der Waals surface area contributed by atoms with E-state index in [0.29, 0.717) is 25.9 Å². The molecule has 0 saturated carbocycles. The second-order valence-corrected chi connectivity index (χ2v) is 4.59. The van der Waals surface area contributed by atoms with E-state index in [1.165, 1.54) is 0 Å². The maximum atomic E-state index is 11.6. The van der Waals surface area contributed by atoms with Crippen molar-refractivity contribution >= 4 is 11.8 Å². The molecule has 0 saturated heterocycles. The third-order valence-electron chi connectivity index (χ3n) is 2.99. The summed E-state index contributed by atoms with van der Waals surface area (Å²) in [6.07, 6.45) is 8.46. The lowest BCUT2D eigenvalue weighted by atomic mass is 10.2. The molecule has 0 aliphatic rings. The van der Waals surface area contributed by atoms with Gasteiger partial charge in [-0.15, -0.1) is 0 Å². The molecule has 0 unspecified atom stereocenters. The molecule has 0 spiro atoms. The maximum Gasteiger partial charge on any atom is 0.309 e. The third-order valence-corrected chi connectivity index (χ3v) is 2.99. The van der Waals surface area contributed by atoms with E-state index in [2.05, 4.69) is 20.6 Å². The Balaban J connectivity index is 1.62. The fraction of sp³-hybridized carbons (Fsp3) is 0.267. The van der Waals surface area contributed by atoms with Crippen molar-refractivity contribution in [2.75, 3.05) is 13.1 Å². The number of hydrogen-bond acceptors (Lipinski definition) is 3. The minimum absolute atomic E-state index is 0.412. The number of nitrogens with one attached hydrogen (secondary N) is 3. The van der Waals surface area contributed by atoms with Crippen LogP contribution in [0.3, 0.4) is 0 Å². The lowest BCUT2D eigenvalue weighted by molar-refractivity contribution is -0.139. The lowest BCUT2D eigenvalue weighted by Gasteiger charge is -2.06. The Morgan fingerprint density at radius 3 is 2.33 bits per heavy atom. The van der Waals surface area contributed by atoms with Crippen LogP contribution in [-0.4, -0.2) is 34.9 Å². The molecule has 110 valence electrons. The van der Waals surface area contributed by atoms with Crippen molar-refractivity contribution in [3.05, 3.63) is 54.1 Å². The van der Waals surface area contributed by atoms with Crippen molar-refractivity contribution in [2.24, 2.45) is 0 Å². The molecule has 2 amide bonds. The van der Waals surface area contributed by atoms with Gasteiger partial charge < -0.3 is 15.6 Å². The van der Waals surface area contributed by atoms with Gasteiger partial charge in [0.15, 0.2) is 0 Å². The third kappa shape index (κ3) is 5.10. The van der Waals surface area contributed by atoms with Crippen LogP contribution in [0.15, 0.2) is 43.0 Å². The molecule has 3 N–H and O–H groups in total. The van der Waals surface area contributed by atoms with Crippen LogP contribution < -0.4 is 10.6 Å². The maximum absolute atomic E-state index is 11.6. The van der Waals surface area contributed by atoms with Crippen LogP contribution in [-0.2, 0) is 22.4 Å². The highest BCUT2D eigenvalue weighted by Crippen LogP contribution is 1.96. The number of aromatic amines is 1. The Kier molecular flexibility index (Phi) is 5.51. The average Bonchev–Trinajstić information content (AvgIpc) is 3.01. The Labute approximate surface area is 123 Å². The van der Waals surface area contributed by atoms with Gasteiger partial charge in [-0.2, -0.15) is 0 Å². The molecular weight excluding hydrogens is 268 g/mol. The van der Waals surface area contributed by atoms with Crippen LogP contribution >= 0.6 is 0 Å². The molecule has 6 nitrogen and oxygen atoms in total. The van der Waals surface area contributed by atoms with Gasteiger partial charge in [-0.3, -0.25) is 14.6 Å². The second kappa shape index (κ2) is 7.84. The first-order chi connectivity index (χ1) is 10.3. The molecule has 0 radical (unpaired) electrons. The predicted octanol–water partition coefficient (Wildman–Crippen LogP) is 0.427. The summed E-state index contributed by atoms with van der Waals surface area (Å²) >= 11 is 0. The molecule has 0 bridgehead atoms. The molecule has 0 aliphatic carbocycles. The van der Waals surface area contributed by atoms with E-state index in [-0.39, 0.29) is 0 Å². The molecular formula is C15H18N4O2. The van der Waals surface area contributed by atoms with Gasteiger partial charge in [0.1, 0.15) is 0 Å². The van der Waals surface area contributed by atoms with E-state index in [0.717, 1.165) is 11.1 Å². The number of aromatic nitrogens is 2. The summed E-state index contributed by atoms with van der Waals surface area (Å²) in [6.45, 7) is 0.850. The zero-order chi connectivity index (χ0) is 14.9. The molecule has 2 rings (SSSR count). The molecule has 2 aromatic rings. The topological polar surface area (TPSA) is 86.9 Å². The summed E-state index contributed by atoms with van der Waals surface area (Å²) in [6, 6.07) is 5.70. The van der Waals surface area contributed by atoms with Gasteiger partial charge in [-0.05, 0) is 36.1 Å². The summed E-state index contributed by atoms with van der Waals surface area (Å²) in [7, 11) is 0. The molecule has 6 heteroatoms.